The molecule has 0 aromatic heterocycles. The van der Waals surface area contributed by atoms with Gasteiger partial charge < -0.3 is 15.0 Å². The van der Waals surface area contributed by atoms with Gasteiger partial charge in [-0.3, -0.25) is 0 Å². The number of hydrogen-bond donors (Lipinski definition) is 1. The maximum atomic E-state index is 12.5. The van der Waals surface area contributed by atoms with E-state index in [9.17, 15) is 4.79 Å². The minimum atomic E-state index is -0.229. The highest BCUT2D eigenvalue weighted by molar-refractivity contribution is 5.67. The fourth-order valence-corrected chi connectivity index (χ4v) is 5.38. The molecule has 0 radical (unpaired) electrons. The van der Waals surface area contributed by atoms with Crippen molar-refractivity contribution in [2.75, 3.05) is 27.2 Å². The van der Waals surface area contributed by atoms with E-state index in [2.05, 4.69) is 86.8 Å². The summed E-state index contributed by atoms with van der Waals surface area (Å²) < 4.78 is 5.91. The quantitative estimate of drug-likeness (QED) is 0.0580. The van der Waals surface area contributed by atoms with Crippen molar-refractivity contribution in [2.24, 2.45) is 0 Å². The lowest BCUT2D eigenvalue weighted by Crippen LogP contribution is -2.31. The Balaban J connectivity index is 4.07. The normalized spacial score (nSPS) is 12.9. The Morgan fingerprint density at radius 2 is 0.956 bits per heavy atom. The van der Waals surface area contributed by atoms with Gasteiger partial charge in [-0.2, -0.15) is 0 Å². The summed E-state index contributed by atoms with van der Waals surface area (Å²) in [7, 11) is 4.12. The van der Waals surface area contributed by atoms with Crippen LogP contribution in [-0.4, -0.2) is 44.3 Å². The van der Waals surface area contributed by atoms with Gasteiger partial charge in [-0.1, -0.05) is 140 Å². The number of amides is 1. The van der Waals surface area contributed by atoms with Crippen LogP contribution < -0.4 is 5.32 Å². The van der Waals surface area contributed by atoms with Gasteiger partial charge in [0.05, 0.1) is 0 Å². The largest absolute Gasteiger partial charge is 0.446 e. The highest BCUT2D eigenvalue weighted by Gasteiger charge is 2.14. The van der Waals surface area contributed by atoms with E-state index in [4.69, 9.17) is 4.74 Å². The standard InChI is InChI=1S/C41H76N2O2/c1-5-7-9-11-13-15-17-19-21-23-25-27-29-31-33-36-40(45-41(44)42-38-35-39-43(3)4)37-34-32-30-28-26-24-22-20-18-16-14-12-10-8-6-2/h11-14,17-20,40H,5-10,15-16,21-39H2,1-4H3,(H,42,44). The lowest BCUT2D eigenvalue weighted by Gasteiger charge is -2.19. The Morgan fingerprint density at radius 3 is 1.38 bits per heavy atom. The van der Waals surface area contributed by atoms with E-state index in [0.29, 0.717) is 6.54 Å². The maximum absolute atomic E-state index is 12.5. The van der Waals surface area contributed by atoms with Gasteiger partial charge in [0.2, 0.25) is 0 Å². The molecular weight excluding hydrogens is 552 g/mol. The van der Waals surface area contributed by atoms with E-state index in [-0.39, 0.29) is 12.2 Å². The van der Waals surface area contributed by atoms with Crippen molar-refractivity contribution < 1.29 is 9.53 Å². The van der Waals surface area contributed by atoms with Gasteiger partial charge in [-0.25, -0.2) is 4.79 Å². The molecule has 0 saturated heterocycles. The third-order valence-corrected chi connectivity index (χ3v) is 8.28. The number of alkyl carbamates (subject to hydrolysis) is 1. The molecule has 1 amide bonds. The van der Waals surface area contributed by atoms with Crippen LogP contribution in [-0.2, 0) is 4.74 Å². The second kappa shape index (κ2) is 36.7. The number of rotatable bonds is 33. The first-order valence-electron chi connectivity index (χ1n) is 19.3. The van der Waals surface area contributed by atoms with Crippen LogP contribution >= 0.6 is 0 Å². The van der Waals surface area contributed by atoms with Crippen molar-refractivity contribution in [3.05, 3.63) is 48.6 Å². The summed E-state index contributed by atoms with van der Waals surface area (Å²) in [5.41, 5.74) is 0. The summed E-state index contributed by atoms with van der Waals surface area (Å²) in [4.78, 5) is 14.6. The molecular formula is C41H76N2O2. The van der Waals surface area contributed by atoms with Gasteiger partial charge in [0.15, 0.2) is 0 Å². The Hall–Kier alpha value is -1.81. The summed E-state index contributed by atoms with van der Waals surface area (Å²) in [6.45, 7) is 6.15. The molecule has 0 atom stereocenters. The fourth-order valence-electron chi connectivity index (χ4n) is 5.38. The minimum Gasteiger partial charge on any atom is -0.446 e. The molecule has 0 saturated carbocycles. The molecule has 4 nitrogen and oxygen atoms in total. The number of unbranched alkanes of at least 4 members (excludes halogenated alkanes) is 16. The maximum Gasteiger partial charge on any atom is 0.407 e. The molecule has 0 aliphatic heterocycles. The molecule has 0 aromatic carbocycles. The molecule has 1 N–H and O–H groups in total. The lowest BCUT2D eigenvalue weighted by molar-refractivity contribution is 0.0840. The number of allylic oxidation sites excluding steroid dienone is 8. The molecule has 0 fully saturated rings. The molecule has 4 heteroatoms. The van der Waals surface area contributed by atoms with Crippen molar-refractivity contribution in [3.63, 3.8) is 0 Å². The average molecular weight is 629 g/mol. The van der Waals surface area contributed by atoms with Crippen molar-refractivity contribution in [3.8, 4) is 0 Å². The van der Waals surface area contributed by atoms with E-state index in [1.54, 1.807) is 0 Å². The second-order valence-electron chi connectivity index (χ2n) is 13.1. The first-order chi connectivity index (χ1) is 22.1. The predicted molar refractivity (Wildman–Crippen MR) is 200 cm³/mol. The van der Waals surface area contributed by atoms with Crippen LogP contribution in [0.25, 0.3) is 0 Å². The zero-order chi connectivity index (χ0) is 32.9. The molecule has 0 aliphatic rings. The van der Waals surface area contributed by atoms with Crippen LogP contribution in [0.3, 0.4) is 0 Å². The number of carbonyl (C=O) groups is 1. The second-order valence-corrected chi connectivity index (χ2v) is 13.1. The first-order valence-corrected chi connectivity index (χ1v) is 19.3. The highest BCUT2D eigenvalue weighted by Crippen LogP contribution is 2.17. The van der Waals surface area contributed by atoms with Gasteiger partial charge in [-0.05, 0) is 104 Å². The molecule has 0 rings (SSSR count). The van der Waals surface area contributed by atoms with Gasteiger partial charge >= 0.3 is 6.09 Å². The summed E-state index contributed by atoms with van der Waals surface area (Å²) in [5.74, 6) is 0. The van der Waals surface area contributed by atoms with Crippen LogP contribution in [0.2, 0.25) is 0 Å². The fraction of sp³-hybridized carbons (Fsp3) is 0.780. The van der Waals surface area contributed by atoms with Gasteiger partial charge in [0.25, 0.3) is 0 Å². The number of ether oxygens (including phenoxy) is 1. The summed E-state index contributed by atoms with van der Waals surface area (Å²) in [6, 6.07) is 0. The smallest absolute Gasteiger partial charge is 0.407 e. The SMILES string of the molecule is CCCCC=CCC=CCCCCCCCCC(CCCCCCCCC=CCC=CCCCC)OC(=O)NCCCN(C)C. The predicted octanol–water partition coefficient (Wildman–Crippen LogP) is 12.7. The van der Waals surface area contributed by atoms with E-state index in [0.717, 1.165) is 51.5 Å². The van der Waals surface area contributed by atoms with Crippen LogP contribution in [0.15, 0.2) is 48.6 Å². The third kappa shape index (κ3) is 36.5. The van der Waals surface area contributed by atoms with Crippen LogP contribution in [0.1, 0.15) is 174 Å². The van der Waals surface area contributed by atoms with Crippen LogP contribution in [0, 0.1) is 0 Å². The van der Waals surface area contributed by atoms with Gasteiger partial charge in [0.1, 0.15) is 6.10 Å². The average Bonchev–Trinajstić information content (AvgIpc) is 3.02. The summed E-state index contributed by atoms with van der Waals surface area (Å²) in [5, 5.41) is 2.97. The molecule has 0 bridgehead atoms. The molecule has 0 aromatic rings. The molecule has 0 spiro atoms. The number of carbonyl (C=O) groups excluding carboxylic acids is 1. The highest BCUT2D eigenvalue weighted by atomic mass is 16.6. The van der Waals surface area contributed by atoms with E-state index in [1.165, 1.54) is 116 Å². The van der Waals surface area contributed by atoms with Crippen molar-refractivity contribution in [1.29, 1.82) is 0 Å². The minimum absolute atomic E-state index is 0.0566. The Morgan fingerprint density at radius 1 is 0.556 bits per heavy atom. The van der Waals surface area contributed by atoms with Crippen molar-refractivity contribution in [1.82, 2.24) is 10.2 Å². The zero-order valence-corrected chi connectivity index (χ0v) is 30.6. The van der Waals surface area contributed by atoms with E-state index >= 15 is 0 Å². The van der Waals surface area contributed by atoms with Crippen LogP contribution in [0.5, 0.6) is 0 Å². The molecule has 0 heterocycles. The van der Waals surface area contributed by atoms with Crippen molar-refractivity contribution >= 4 is 6.09 Å². The molecule has 45 heavy (non-hydrogen) atoms. The Kier molecular flexibility index (Phi) is 35.2. The van der Waals surface area contributed by atoms with E-state index < -0.39 is 0 Å². The van der Waals surface area contributed by atoms with Gasteiger partial charge in [-0.15, -0.1) is 0 Å². The molecule has 262 valence electrons. The summed E-state index contributed by atoms with van der Waals surface area (Å²) in [6.07, 6.45) is 48.8. The topological polar surface area (TPSA) is 41.6 Å². The molecule has 0 unspecified atom stereocenters. The monoisotopic (exact) mass is 629 g/mol. The summed E-state index contributed by atoms with van der Waals surface area (Å²) >= 11 is 0. The zero-order valence-electron chi connectivity index (χ0n) is 30.6. The number of hydrogen-bond acceptors (Lipinski definition) is 3. The van der Waals surface area contributed by atoms with Gasteiger partial charge in [0, 0.05) is 6.54 Å². The van der Waals surface area contributed by atoms with E-state index in [1.807, 2.05) is 0 Å². The van der Waals surface area contributed by atoms with Crippen LogP contribution in [0.4, 0.5) is 4.79 Å². The first kappa shape index (κ1) is 43.2. The number of nitrogens with zero attached hydrogens (tertiary/aromatic N) is 1. The third-order valence-electron chi connectivity index (χ3n) is 8.28. The Labute approximate surface area is 281 Å². The molecule has 0 aliphatic carbocycles. The van der Waals surface area contributed by atoms with Crippen molar-refractivity contribution in [2.45, 2.75) is 180 Å². The number of nitrogens with one attached hydrogen (secondary N) is 1. The lowest BCUT2D eigenvalue weighted by atomic mass is 10.0. The Bertz CT molecular complexity index is 679.